The number of phenols is 1. The lowest BCUT2D eigenvalue weighted by Gasteiger charge is -2.04. The van der Waals surface area contributed by atoms with Gasteiger partial charge in [-0.25, -0.2) is 8.42 Å². The summed E-state index contributed by atoms with van der Waals surface area (Å²) in [5.41, 5.74) is -0.176. The van der Waals surface area contributed by atoms with Gasteiger partial charge in [-0.3, -0.25) is 10.1 Å². The summed E-state index contributed by atoms with van der Waals surface area (Å²) < 4.78 is 63.8. The Morgan fingerprint density at radius 2 is 1.91 bits per heavy atom. The molecule has 0 unspecified atom stereocenters. The maximum Gasteiger partial charge on any atom is 0.403 e. The molecule has 0 aliphatic heterocycles. The van der Waals surface area contributed by atoms with Crippen molar-refractivity contribution in [2.75, 3.05) is 11.1 Å². The Labute approximate surface area is 126 Å². The third kappa shape index (κ3) is 4.18. The van der Waals surface area contributed by atoms with Gasteiger partial charge in [-0.15, -0.1) is 0 Å². The second-order valence-electron chi connectivity index (χ2n) is 4.22. The van der Waals surface area contributed by atoms with Crippen molar-refractivity contribution in [1.29, 1.82) is 0 Å². The molecule has 2 rings (SSSR count). The topological polar surface area (TPSA) is 122 Å². The lowest BCUT2D eigenvalue weighted by Crippen LogP contribution is -2.23. The molecule has 0 bridgehead atoms. The molecule has 2 N–H and O–H groups in total. The fourth-order valence-corrected chi connectivity index (χ4v) is 2.42. The summed E-state index contributed by atoms with van der Waals surface area (Å²) in [4.78, 5) is 11.8. The molecule has 1 aromatic carbocycles. The molecule has 0 atom stereocenters. The molecule has 1 amide bonds. The number of hydrogen-bond donors (Lipinski definition) is 2. The molecule has 2 aromatic rings. The van der Waals surface area contributed by atoms with Crippen LogP contribution in [0.3, 0.4) is 0 Å². The van der Waals surface area contributed by atoms with Crippen LogP contribution in [0.1, 0.15) is 10.4 Å². The Morgan fingerprint density at radius 3 is 2.52 bits per heavy atom. The number of sulfone groups is 1. The van der Waals surface area contributed by atoms with Gasteiger partial charge in [0.15, 0.2) is 5.75 Å². The molecule has 0 saturated carbocycles. The molecule has 0 aliphatic rings. The smallest absolute Gasteiger partial charge is 0.403 e. The van der Waals surface area contributed by atoms with Gasteiger partial charge in [0.25, 0.3) is 5.91 Å². The number of aromatic nitrogens is 2. The number of carbonyl (C=O) groups is 1. The third-order valence-corrected chi connectivity index (χ3v) is 3.80. The van der Waals surface area contributed by atoms with Crippen molar-refractivity contribution in [3.63, 3.8) is 0 Å². The predicted molar refractivity (Wildman–Crippen MR) is 68.5 cm³/mol. The Hall–Kier alpha value is -2.63. The summed E-state index contributed by atoms with van der Waals surface area (Å²) in [6.45, 7) is 0. The largest absolute Gasteiger partial charge is 0.507 e. The summed E-state index contributed by atoms with van der Waals surface area (Å²) in [5, 5.41) is 16.3. The number of carbonyl (C=O) groups excluding carboxylic acids is 1. The number of aromatic hydroxyl groups is 1. The fraction of sp³-hybridized carbons (Fsp3) is 0.182. The van der Waals surface area contributed by atoms with Crippen molar-refractivity contribution in [3.8, 4) is 5.75 Å². The van der Waals surface area contributed by atoms with Crippen LogP contribution in [0.5, 0.6) is 5.75 Å². The van der Waals surface area contributed by atoms with Crippen LogP contribution < -0.4 is 5.32 Å². The summed E-state index contributed by atoms with van der Waals surface area (Å²) in [7, 11) is -4.87. The number of benzene rings is 1. The molecule has 8 nitrogen and oxygen atoms in total. The number of alkyl halides is 3. The first-order chi connectivity index (χ1) is 10.6. The normalized spacial score (nSPS) is 12.1. The first kappa shape index (κ1) is 16.7. The van der Waals surface area contributed by atoms with E-state index < -0.39 is 38.9 Å². The zero-order valence-electron chi connectivity index (χ0n) is 11.0. The SMILES string of the molecule is O=C(Nc1nnc(S(=O)(=O)CC(F)(F)F)o1)c1ccccc1O. The van der Waals surface area contributed by atoms with Gasteiger partial charge in [0.2, 0.25) is 9.84 Å². The van der Waals surface area contributed by atoms with Gasteiger partial charge in [0, 0.05) is 0 Å². The summed E-state index contributed by atoms with van der Waals surface area (Å²) in [6.07, 6.45) is -4.98. The number of para-hydroxylation sites is 1. The minimum absolute atomic E-state index is 0.176. The van der Waals surface area contributed by atoms with E-state index in [0.29, 0.717) is 0 Å². The number of halogens is 3. The highest BCUT2D eigenvalue weighted by atomic mass is 32.2. The molecule has 1 aromatic heterocycles. The lowest BCUT2D eigenvalue weighted by molar-refractivity contribution is -0.106. The number of nitrogens with zero attached hydrogens (tertiary/aromatic N) is 2. The predicted octanol–water partition coefficient (Wildman–Crippen LogP) is 1.36. The zero-order chi connectivity index (χ0) is 17.3. The zero-order valence-corrected chi connectivity index (χ0v) is 11.8. The molecule has 23 heavy (non-hydrogen) atoms. The second-order valence-corrected chi connectivity index (χ2v) is 6.09. The third-order valence-electron chi connectivity index (χ3n) is 2.40. The van der Waals surface area contributed by atoms with Gasteiger partial charge in [-0.2, -0.15) is 13.2 Å². The van der Waals surface area contributed by atoms with E-state index >= 15 is 0 Å². The molecular weight excluding hydrogens is 343 g/mol. The highest BCUT2D eigenvalue weighted by molar-refractivity contribution is 7.91. The molecule has 0 radical (unpaired) electrons. The number of hydrogen-bond acceptors (Lipinski definition) is 7. The fourth-order valence-electron chi connectivity index (χ4n) is 1.49. The van der Waals surface area contributed by atoms with Crippen LogP contribution in [0.25, 0.3) is 0 Å². The average Bonchev–Trinajstić information content (AvgIpc) is 2.85. The van der Waals surface area contributed by atoms with E-state index in [9.17, 15) is 31.5 Å². The van der Waals surface area contributed by atoms with E-state index in [1.54, 1.807) is 0 Å². The van der Waals surface area contributed by atoms with Gasteiger partial charge >= 0.3 is 17.4 Å². The van der Waals surface area contributed by atoms with Crippen LogP contribution >= 0.6 is 0 Å². The molecule has 0 fully saturated rings. The van der Waals surface area contributed by atoms with E-state index in [1.165, 1.54) is 24.3 Å². The quantitative estimate of drug-likeness (QED) is 0.853. The van der Waals surface area contributed by atoms with E-state index in [4.69, 9.17) is 0 Å². The molecule has 0 spiro atoms. The summed E-state index contributed by atoms with van der Waals surface area (Å²) in [6, 6.07) is 4.66. The van der Waals surface area contributed by atoms with E-state index in [-0.39, 0.29) is 11.3 Å². The number of anilines is 1. The second kappa shape index (κ2) is 5.87. The minimum Gasteiger partial charge on any atom is -0.507 e. The van der Waals surface area contributed by atoms with Crippen LogP contribution in [0, 0.1) is 0 Å². The van der Waals surface area contributed by atoms with Crippen LogP contribution in [0.15, 0.2) is 33.9 Å². The number of amides is 1. The van der Waals surface area contributed by atoms with Crippen molar-refractivity contribution >= 4 is 21.8 Å². The van der Waals surface area contributed by atoms with Gasteiger partial charge in [0.05, 0.1) is 5.56 Å². The maximum atomic E-state index is 12.2. The first-order valence-electron chi connectivity index (χ1n) is 5.81. The van der Waals surface area contributed by atoms with Crippen LogP contribution in [0.4, 0.5) is 19.2 Å². The molecule has 124 valence electrons. The Balaban J connectivity index is 2.17. The Bertz CT molecular complexity index is 831. The van der Waals surface area contributed by atoms with E-state index in [0.717, 1.165) is 0 Å². The van der Waals surface area contributed by atoms with Crippen molar-refractivity contribution in [2.24, 2.45) is 0 Å². The summed E-state index contributed by atoms with van der Waals surface area (Å²) in [5.74, 6) is -3.45. The van der Waals surface area contributed by atoms with E-state index in [2.05, 4.69) is 14.6 Å². The highest BCUT2D eigenvalue weighted by Crippen LogP contribution is 2.23. The average molecular weight is 351 g/mol. The molecule has 12 heteroatoms. The molecule has 1 heterocycles. The number of nitrogens with one attached hydrogen (secondary N) is 1. The Kier molecular flexibility index (Phi) is 4.27. The van der Waals surface area contributed by atoms with Crippen molar-refractivity contribution in [1.82, 2.24) is 10.2 Å². The molecular formula is C11H8F3N3O5S. The number of phenolic OH excluding ortho intramolecular Hbond substituents is 1. The molecule has 0 saturated heterocycles. The standard InChI is InChI=1S/C11H8F3N3O5S/c12-11(13,14)5-23(20,21)10-17-16-9(22-10)15-8(19)6-3-1-2-4-7(6)18/h1-4,18H,5H2,(H,15,16,19). The number of rotatable bonds is 4. The Morgan fingerprint density at radius 1 is 1.26 bits per heavy atom. The highest BCUT2D eigenvalue weighted by Gasteiger charge is 2.39. The lowest BCUT2D eigenvalue weighted by atomic mass is 10.2. The first-order valence-corrected chi connectivity index (χ1v) is 7.46. The monoisotopic (exact) mass is 351 g/mol. The minimum atomic E-state index is -4.98. The van der Waals surface area contributed by atoms with Crippen molar-refractivity contribution in [2.45, 2.75) is 11.4 Å². The maximum absolute atomic E-state index is 12.2. The summed E-state index contributed by atoms with van der Waals surface area (Å²) >= 11 is 0. The van der Waals surface area contributed by atoms with Crippen molar-refractivity contribution in [3.05, 3.63) is 29.8 Å². The molecule has 0 aliphatic carbocycles. The van der Waals surface area contributed by atoms with Gasteiger partial charge < -0.3 is 9.52 Å². The van der Waals surface area contributed by atoms with Gasteiger partial charge in [-0.05, 0) is 12.1 Å². The van der Waals surface area contributed by atoms with Crippen LogP contribution in [-0.4, -0.2) is 41.6 Å². The van der Waals surface area contributed by atoms with Crippen molar-refractivity contribution < 1.29 is 35.9 Å². The van der Waals surface area contributed by atoms with E-state index in [1.807, 2.05) is 5.32 Å². The van der Waals surface area contributed by atoms with Gasteiger partial charge in [0.1, 0.15) is 5.75 Å². The van der Waals surface area contributed by atoms with Crippen LogP contribution in [-0.2, 0) is 9.84 Å². The van der Waals surface area contributed by atoms with Crippen LogP contribution in [0.2, 0.25) is 0 Å². The van der Waals surface area contributed by atoms with Gasteiger partial charge in [-0.1, -0.05) is 22.3 Å².